The summed E-state index contributed by atoms with van der Waals surface area (Å²) >= 11 is 1.56. The molecule has 0 atom stereocenters. The van der Waals surface area contributed by atoms with E-state index in [1.54, 1.807) is 11.3 Å². The molecule has 0 saturated carbocycles. The third-order valence-corrected chi connectivity index (χ3v) is 3.03. The Morgan fingerprint density at radius 3 is 3.07 bits per heavy atom. The molecule has 0 aromatic carbocycles. The Morgan fingerprint density at radius 2 is 2.47 bits per heavy atom. The molecule has 0 aliphatic carbocycles. The summed E-state index contributed by atoms with van der Waals surface area (Å²) in [4.78, 5) is 11.7. The van der Waals surface area contributed by atoms with Gasteiger partial charge in [-0.25, -0.2) is 0 Å². The van der Waals surface area contributed by atoms with Crippen LogP contribution < -0.4 is 0 Å². The highest BCUT2D eigenvalue weighted by Crippen LogP contribution is 2.27. The first-order valence-electron chi connectivity index (χ1n) is 4.48. The zero-order chi connectivity index (χ0) is 10.8. The van der Waals surface area contributed by atoms with Crippen molar-refractivity contribution in [1.82, 2.24) is 10.2 Å². The summed E-state index contributed by atoms with van der Waals surface area (Å²) in [5.41, 5.74) is 2.34. The Bertz CT molecular complexity index is 474. The molecule has 0 radical (unpaired) electrons. The lowest BCUT2D eigenvalue weighted by atomic mass is 10.1. The fourth-order valence-electron chi connectivity index (χ4n) is 1.44. The Labute approximate surface area is 90.6 Å². The van der Waals surface area contributed by atoms with Crippen molar-refractivity contribution in [2.24, 2.45) is 0 Å². The van der Waals surface area contributed by atoms with Crippen LogP contribution in [0.2, 0.25) is 0 Å². The van der Waals surface area contributed by atoms with Gasteiger partial charge in [-0.3, -0.25) is 9.89 Å². The lowest BCUT2D eigenvalue weighted by molar-refractivity contribution is -0.136. The number of hydrogen-bond donors (Lipinski definition) is 2. The Morgan fingerprint density at radius 1 is 1.67 bits per heavy atom. The minimum Gasteiger partial charge on any atom is -0.481 e. The number of carboxylic acid groups (broad SMARTS) is 1. The number of rotatable bonds is 3. The highest BCUT2D eigenvalue weighted by atomic mass is 32.1. The summed E-state index contributed by atoms with van der Waals surface area (Å²) in [5.74, 6) is -0.836. The zero-order valence-corrected chi connectivity index (χ0v) is 8.97. The van der Waals surface area contributed by atoms with Crippen LogP contribution in [0.4, 0.5) is 0 Å². The van der Waals surface area contributed by atoms with E-state index in [0.29, 0.717) is 0 Å². The van der Waals surface area contributed by atoms with E-state index >= 15 is 0 Å². The maximum atomic E-state index is 10.7. The third kappa shape index (κ3) is 1.92. The number of nitrogens with zero attached hydrogens (tertiary/aromatic N) is 1. The van der Waals surface area contributed by atoms with E-state index in [2.05, 4.69) is 10.2 Å². The van der Waals surface area contributed by atoms with Crippen LogP contribution in [0.5, 0.6) is 0 Å². The Kier molecular flexibility index (Phi) is 2.55. The van der Waals surface area contributed by atoms with Gasteiger partial charge in [0.1, 0.15) is 5.69 Å². The van der Waals surface area contributed by atoms with Gasteiger partial charge in [-0.1, -0.05) is 6.07 Å². The average molecular weight is 222 g/mol. The molecule has 0 unspecified atom stereocenters. The molecule has 0 bridgehead atoms. The number of hydrogen-bond acceptors (Lipinski definition) is 3. The van der Waals surface area contributed by atoms with Crippen molar-refractivity contribution in [3.05, 3.63) is 28.8 Å². The standard InChI is InChI=1S/C10H10N2O2S/c1-6-7(5-9(13)14)10(12-11-6)8-3-2-4-15-8/h2-4H,5H2,1H3,(H,11,12)(H,13,14). The van der Waals surface area contributed by atoms with Crippen molar-refractivity contribution < 1.29 is 9.90 Å². The van der Waals surface area contributed by atoms with Crippen molar-refractivity contribution in [3.8, 4) is 10.6 Å². The number of thiophene rings is 1. The first-order chi connectivity index (χ1) is 7.18. The SMILES string of the molecule is Cc1[nH]nc(-c2cccs2)c1CC(=O)O. The average Bonchev–Trinajstić information content (AvgIpc) is 2.76. The van der Waals surface area contributed by atoms with Crippen molar-refractivity contribution in [2.75, 3.05) is 0 Å². The van der Waals surface area contributed by atoms with Crippen LogP contribution in [0.25, 0.3) is 10.6 Å². The number of H-pyrrole nitrogens is 1. The van der Waals surface area contributed by atoms with Crippen molar-refractivity contribution in [1.29, 1.82) is 0 Å². The molecule has 2 N–H and O–H groups in total. The molecule has 2 rings (SSSR count). The topological polar surface area (TPSA) is 66.0 Å². The smallest absolute Gasteiger partial charge is 0.307 e. The van der Waals surface area contributed by atoms with E-state index < -0.39 is 5.97 Å². The summed E-state index contributed by atoms with van der Waals surface area (Å²) in [5, 5.41) is 17.7. The van der Waals surface area contributed by atoms with Crippen LogP contribution in [0.15, 0.2) is 17.5 Å². The highest BCUT2D eigenvalue weighted by molar-refractivity contribution is 7.13. The summed E-state index contributed by atoms with van der Waals surface area (Å²) in [6.07, 6.45) is 0.00949. The van der Waals surface area contributed by atoms with Gasteiger partial charge in [-0.15, -0.1) is 11.3 Å². The van der Waals surface area contributed by atoms with Gasteiger partial charge in [-0.2, -0.15) is 5.10 Å². The van der Waals surface area contributed by atoms with Crippen molar-refractivity contribution in [3.63, 3.8) is 0 Å². The van der Waals surface area contributed by atoms with Crippen LogP contribution in [-0.4, -0.2) is 21.3 Å². The maximum Gasteiger partial charge on any atom is 0.307 e. The van der Waals surface area contributed by atoms with Gasteiger partial charge in [0.15, 0.2) is 0 Å². The number of aromatic amines is 1. The first-order valence-corrected chi connectivity index (χ1v) is 5.36. The van der Waals surface area contributed by atoms with Gasteiger partial charge in [0.05, 0.1) is 11.3 Å². The molecule has 15 heavy (non-hydrogen) atoms. The van der Waals surface area contributed by atoms with E-state index in [-0.39, 0.29) is 6.42 Å². The predicted octanol–water partition coefficient (Wildman–Crippen LogP) is 2.07. The second-order valence-electron chi connectivity index (χ2n) is 3.22. The predicted molar refractivity (Wildman–Crippen MR) is 58.0 cm³/mol. The van der Waals surface area contributed by atoms with Crippen molar-refractivity contribution in [2.45, 2.75) is 13.3 Å². The number of carbonyl (C=O) groups is 1. The van der Waals surface area contributed by atoms with Crippen LogP contribution in [0.1, 0.15) is 11.3 Å². The molecule has 2 aromatic rings. The molecule has 78 valence electrons. The number of aliphatic carboxylic acids is 1. The van der Waals surface area contributed by atoms with E-state index in [4.69, 9.17) is 5.11 Å². The monoisotopic (exact) mass is 222 g/mol. The molecule has 4 nitrogen and oxygen atoms in total. The summed E-state index contributed by atoms with van der Waals surface area (Å²) in [6.45, 7) is 1.84. The third-order valence-electron chi connectivity index (χ3n) is 2.16. The second kappa shape index (κ2) is 3.86. The molecular weight excluding hydrogens is 212 g/mol. The molecule has 0 amide bonds. The molecular formula is C10H10N2O2S. The maximum absolute atomic E-state index is 10.7. The second-order valence-corrected chi connectivity index (χ2v) is 4.17. The van der Waals surface area contributed by atoms with Gasteiger partial charge < -0.3 is 5.11 Å². The van der Waals surface area contributed by atoms with Crippen LogP contribution >= 0.6 is 11.3 Å². The van der Waals surface area contributed by atoms with Crippen LogP contribution in [-0.2, 0) is 11.2 Å². The fraction of sp³-hybridized carbons (Fsp3) is 0.200. The fourth-order valence-corrected chi connectivity index (χ4v) is 2.18. The highest BCUT2D eigenvalue weighted by Gasteiger charge is 2.15. The molecule has 2 heterocycles. The normalized spacial score (nSPS) is 10.5. The van der Waals surface area contributed by atoms with E-state index in [0.717, 1.165) is 21.8 Å². The zero-order valence-electron chi connectivity index (χ0n) is 8.15. The number of carboxylic acids is 1. The van der Waals surface area contributed by atoms with Gasteiger partial charge in [0.25, 0.3) is 0 Å². The molecule has 0 saturated heterocycles. The van der Waals surface area contributed by atoms with Gasteiger partial charge in [0.2, 0.25) is 0 Å². The number of aromatic nitrogens is 2. The van der Waals surface area contributed by atoms with E-state index in [1.807, 2.05) is 24.4 Å². The van der Waals surface area contributed by atoms with Gasteiger partial charge in [-0.05, 0) is 18.4 Å². The van der Waals surface area contributed by atoms with Gasteiger partial charge in [0, 0.05) is 11.3 Å². The quantitative estimate of drug-likeness (QED) is 0.835. The first kappa shape index (κ1) is 9.92. The lowest BCUT2D eigenvalue weighted by Gasteiger charge is -1.97. The summed E-state index contributed by atoms with van der Waals surface area (Å²) in [6, 6.07) is 3.86. The molecule has 0 aliphatic heterocycles. The Balaban J connectivity index is 2.44. The minimum absolute atomic E-state index is 0.00949. The Hall–Kier alpha value is -1.62. The molecule has 0 spiro atoms. The molecule has 0 fully saturated rings. The number of nitrogens with one attached hydrogen (secondary N) is 1. The van der Waals surface area contributed by atoms with Crippen LogP contribution in [0.3, 0.4) is 0 Å². The van der Waals surface area contributed by atoms with E-state index in [1.165, 1.54) is 0 Å². The molecule has 2 aromatic heterocycles. The largest absolute Gasteiger partial charge is 0.481 e. The van der Waals surface area contributed by atoms with Crippen molar-refractivity contribution >= 4 is 17.3 Å². The molecule has 5 heteroatoms. The van der Waals surface area contributed by atoms with Gasteiger partial charge >= 0.3 is 5.97 Å². The number of aryl methyl sites for hydroxylation is 1. The summed E-state index contributed by atoms with van der Waals surface area (Å²) in [7, 11) is 0. The lowest BCUT2D eigenvalue weighted by Crippen LogP contribution is -2.01. The van der Waals surface area contributed by atoms with E-state index in [9.17, 15) is 4.79 Å². The summed E-state index contributed by atoms with van der Waals surface area (Å²) < 4.78 is 0. The molecule has 0 aliphatic rings. The van der Waals surface area contributed by atoms with Crippen LogP contribution in [0, 0.1) is 6.92 Å². The minimum atomic E-state index is -0.836.